The summed E-state index contributed by atoms with van der Waals surface area (Å²) in [4.78, 5) is 10.9. The summed E-state index contributed by atoms with van der Waals surface area (Å²) in [7, 11) is 0. The quantitative estimate of drug-likeness (QED) is 0.837. The third kappa shape index (κ3) is 2.73. The molecule has 1 saturated heterocycles. The van der Waals surface area contributed by atoms with E-state index in [1.165, 1.54) is 0 Å². The van der Waals surface area contributed by atoms with E-state index in [0.29, 0.717) is 5.56 Å². The van der Waals surface area contributed by atoms with Gasteiger partial charge in [-0.05, 0) is 24.3 Å². The summed E-state index contributed by atoms with van der Waals surface area (Å²) < 4.78 is 11.0. The number of rotatable bonds is 3. The lowest BCUT2D eigenvalue weighted by Crippen LogP contribution is -2.25. The highest BCUT2D eigenvalue weighted by molar-refractivity contribution is 5.92. The number of carbonyl (C=O) groups is 1. The molecule has 1 aliphatic rings. The van der Waals surface area contributed by atoms with Gasteiger partial charge >= 0.3 is 0 Å². The Kier molecular flexibility index (Phi) is 3.41. The fraction of sp³-hybridized carbons (Fsp3) is 0.417. The molecule has 0 atom stereocenters. The van der Waals surface area contributed by atoms with E-state index in [1.54, 1.807) is 24.3 Å². The second-order valence-electron chi connectivity index (χ2n) is 3.82. The van der Waals surface area contributed by atoms with Crippen molar-refractivity contribution in [3.63, 3.8) is 0 Å². The van der Waals surface area contributed by atoms with Gasteiger partial charge in [0.05, 0.1) is 13.2 Å². The Morgan fingerprint density at radius 3 is 2.44 bits per heavy atom. The van der Waals surface area contributed by atoms with Crippen molar-refractivity contribution >= 4 is 5.91 Å². The van der Waals surface area contributed by atoms with Crippen LogP contribution < -0.4 is 10.5 Å². The molecule has 0 unspecified atom stereocenters. The van der Waals surface area contributed by atoms with E-state index in [-0.39, 0.29) is 6.10 Å². The predicted molar refractivity (Wildman–Crippen MR) is 59.4 cm³/mol. The van der Waals surface area contributed by atoms with Crippen LogP contribution in [0.15, 0.2) is 24.3 Å². The van der Waals surface area contributed by atoms with E-state index in [2.05, 4.69) is 0 Å². The average molecular weight is 221 g/mol. The predicted octanol–water partition coefficient (Wildman–Crippen LogP) is 1.34. The highest BCUT2D eigenvalue weighted by Crippen LogP contribution is 2.18. The first-order chi connectivity index (χ1) is 7.75. The Hall–Kier alpha value is -1.55. The normalized spacial score (nSPS) is 17.0. The molecule has 1 aromatic rings. The largest absolute Gasteiger partial charge is 0.490 e. The molecule has 4 nitrogen and oxygen atoms in total. The molecule has 1 amide bonds. The Morgan fingerprint density at radius 1 is 1.25 bits per heavy atom. The molecule has 1 aliphatic heterocycles. The lowest BCUT2D eigenvalue weighted by molar-refractivity contribution is 0.0256. The maximum Gasteiger partial charge on any atom is 0.248 e. The van der Waals surface area contributed by atoms with Crippen molar-refractivity contribution < 1.29 is 14.3 Å². The molecule has 0 bridgehead atoms. The van der Waals surface area contributed by atoms with Crippen LogP contribution in [0.4, 0.5) is 0 Å². The summed E-state index contributed by atoms with van der Waals surface area (Å²) >= 11 is 0. The van der Waals surface area contributed by atoms with Gasteiger partial charge in [-0.3, -0.25) is 4.79 Å². The first-order valence-electron chi connectivity index (χ1n) is 5.40. The van der Waals surface area contributed by atoms with Crippen molar-refractivity contribution in [1.82, 2.24) is 0 Å². The maximum absolute atomic E-state index is 10.9. The number of nitrogens with two attached hydrogens (primary N) is 1. The van der Waals surface area contributed by atoms with Gasteiger partial charge in [0.15, 0.2) is 0 Å². The number of ether oxygens (including phenoxy) is 2. The molecular weight excluding hydrogens is 206 g/mol. The maximum atomic E-state index is 10.9. The number of benzene rings is 1. The summed E-state index contributed by atoms with van der Waals surface area (Å²) in [6.07, 6.45) is 2.04. The molecule has 2 N–H and O–H groups in total. The minimum Gasteiger partial charge on any atom is -0.490 e. The summed E-state index contributed by atoms with van der Waals surface area (Å²) in [5, 5.41) is 0. The van der Waals surface area contributed by atoms with E-state index < -0.39 is 5.91 Å². The zero-order valence-electron chi connectivity index (χ0n) is 9.02. The van der Waals surface area contributed by atoms with Crippen LogP contribution in [0.2, 0.25) is 0 Å². The topological polar surface area (TPSA) is 61.6 Å². The number of hydrogen-bond acceptors (Lipinski definition) is 3. The van der Waals surface area contributed by atoms with E-state index in [9.17, 15) is 4.79 Å². The second kappa shape index (κ2) is 4.99. The minimum absolute atomic E-state index is 0.216. The van der Waals surface area contributed by atoms with Crippen LogP contribution in [0.25, 0.3) is 0 Å². The fourth-order valence-corrected chi connectivity index (χ4v) is 1.68. The zero-order valence-corrected chi connectivity index (χ0v) is 9.02. The fourth-order valence-electron chi connectivity index (χ4n) is 1.68. The minimum atomic E-state index is -0.419. The molecule has 16 heavy (non-hydrogen) atoms. The molecule has 1 fully saturated rings. The molecule has 0 aromatic heterocycles. The summed E-state index contributed by atoms with van der Waals surface area (Å²) in [5.41, 5.74) is 5.65. The lowest BCUT2D eigenvalue weighted by atomic mass is 10.1. The van der Waals surface area contributed by atoms with Gasteiger partial charge in [-0.2, -0.15) is 0 Å². The first-order valence-corrected chi connectivity index (χ1v) is 5.40. The van der Waals surface area contributed by atoms with Crippen molar-refractivity contribution in [1.29, 1.82) is 0 Å². The zero-order chi connectivity index (χ0) is 11.4. The molecule has 2 rings (SSSR count). The van der Waals surface area contributed by atoms with E-state index in [0.717, 1.165) is 31.8 Å². The summed E-state index contributed by atoms with van der Waals surface area (Å²) in [6.45, 7) is 1.51. The summed E-state index contributed by atoms with van der Waals surface area (Å²) in [5.74, 6) is 0.356. The van der Waals surface area contributed by atoms with Crippen LogP contribution in [0.1, 0.15) is 23.2 Å². The van der Waals surface area contributed by atoms with Crippen LogP contribution in [0.5, 0.6) is 5.75 Å². The van der Waals surface area contributed by atoms with Gasteiger partial charge in [0.25, 0.3) is 0 Å². The molecule has 0 saturated carbocycles. The van der Waals surface area contributed by atoms with E-state index in [4.69, 9.17) is 15.2 Å². The van der Waals surface area contributed by atoms with Crippen molar-refractivity contribution in [3.05, 3.63) is 29.8 Å². The number of primary amides is 1. The standard InChI is InChI=1S/C12H15NO3/c13-12(14)9-1-3-10(4-2-9)16-11-5-7-15-8-6-11/h1-4,11H,5-8H2,(H2,13,14). The second-order valence-corrected chi connectivity index (χ2v) is 3.82. The Labute approximate surface area is 94.3 Å². The van der Waals surface area contributed by atoms with Gasteiger partial charge in [-0.15, -0.1) is 0 Å². The molecule has 0 spiro atoms. The van der Waals surface area contributed by atoms with E-state index >= 15 is 0 Å². The third-order valence-electron chi connectivity index (χ3n) is 2.61. The Bertz CT molecular complexity index is 355. The smallest absolute Gasteiger partial charge is 0.248 e. The van der Waals surface area contributed by atoms with Gasteiger partial charge in [0, 0.05) is 18.4 Å². The van der Waals surface area contributed by atoms with Crippen molar-refractivity contribution in [2.24, 2.45) is 5.73 Å². The van der Waals surface area contributed by atoms with Crippen LogP contribution in [-0.2, 0) is 4.74 Å². The van der Waals surface area contributed by atoms with Crippen molar-refractivity contribution in [2.75, 3.05) is 13.2 Å². The lowest BCUT2D eigenvalue weighted by Gasteiger charge is -2.23. The Morgan fingerprint density at radius 2 is 1.88 bits per heavy atom. The average Bonchev–Trinajstić information content (AvgIpc) is 2.31. The SMILES string of the molecule is NC(=O)c1ccc(OC2CCOCC2)cc1. The van der Waals surface area contributed by atoms with Crippen LogP contribution in [0.3, 0.4) is 0 Å². The number of hydrogen-bond donors (Lipinski definition) is 1. The number of amides is 1. The summed E-state index contributed by atoms with van der Waals surface area (Å²) in [6, 6.07) is 6.90. The van der Waals surface area contributed by atoms with Gasteiger partial charge < -0.3 is 15.2 Å². The monoisotopic (exact) mass is 221 g/mol. The van der Waals surface area contributed by atoms with E-state index in [1.807, 2.05) is 0 Å². The molecule has 0 radical (unpaired) electrons. The number of carbonyl (C=O) groups excluding carboxylic acids is 1. The molecule has 4 heteroatoms. The molecular formula is C12H15NO3. The first kappa shape index (κ1) is 11.0. The molecule has 1 aromatic carbocycles. The molecule has 0 aliphatic carbocycles. The van der Waals surface area contributed by atoms with Gasteiger partial charge in [0.1, 0.15) is 11.9 Å². The van der Waals surface area contributed by atoms with Crippen molar-refractivity contribution in [3.8, 4) is 5.75 Å². The van der Waals surface area contributed by atoms with Crippen LogP contribution in [-0.4, -0.2) is 25.2 Å². The van der Waals surface area contributed by atoms with Gasteiger partial charge in [0.2, 0.25) is 5.91 Å². The van der Waals surface area contributed by atoms with Crippen molar-refractivity contribution in [2.45, 2.75) is 18.9 Å². The van der Waals surface area contributed by atoms with Crippen LogP contribution >= 0.6 is 0 Å². The Balaban J connectivity index is 1.96. The van der Waals surface area contributed by atoms with Crippen LogP contribution in [0, 0.1) is 0 Å². The molecule has 86 valence electrons. The third-order valence-corrected chi connectivity index (χ3v) is 2.61. The highest BCUT2D eigenvalue weighted by Gasteiger charge is 2.15. The van der Waals surface area contributed by atoms with Gasteiger partial charge in [-0.25, -0.2) is 0 Å². The molecule has 1 heterocycles. The highest BCUT2D eigenvalue weighted by atomic mass is 16.5. The van der Waals surface area contributed by atoms with Gasteiger partial charge in [-0.1, -0.05) is 0 Å².